The number of fused-ring (bicyclic) bond motifs is 4. The zero-order chi connectivity index (χ0) is 68.2. The fraction of sp³-hybridized carbons (Fsp3) is 0.470. The molecule has 2 amide bonds. The molecule has 0 bridgehead atoms. The van der Waals surface area contributed by atoms with E-state index in [1.54, 1.807) is 37.5 Å². The van der Waals surface area contributed by atoms with Crippen molar-refractivity contribution in [1.82, 2.24) is 93.4 Å². The molecule has 0 aliphatic carbocycles. The molecule has 0 radical (unpaired) electrons. The summed E-state index contributed by atoms with van der Waals surface area (Å²) < 4.78 is 9.70. The number of dihydropyridines is 1. The summed E-state index contributed by atoms with van der Waals surface area (Å²) in [5, 5.41) is 13.4. The van der Waals surface area contributed by atoms with Gasteiger partial charge in [-0.1, -0.05) is 39.7 Å². The van der Waals surface area contributed by atoms with Gasteiger partial charge in [0.2, 0.25) is 5.82 Å². The number of carbonyl (C=O) groups excluding carboxylic acids is 3. The number of allylic oxidation sites excluding steroid dienone is 2. The van der Waals surface area contributed by atoms with E-state index in [2.05, 4.69) is 172 Å². The number of H-pyrrole nitrogens is 1. The van der Waals surface area contributed by atoms with Gasteiger partial charge in [0.05, 0.1) is 30.4 Å². The highest BCUT2D eigenvalue weighted by Gasteiger charge is 2.25. The van der Waals surface area contributed by atoms with Crippen molar-refractivity contribution >= 4 is 62.5 Å². The van der Waals surface area contributed by atoms with Crippen molar-refractivity contribution in [3.05, 3.63) is 149 Å². The van der Waals surface area contributed by atoms with Gasteiger partial charge in [0, 0.05) is 83.9 Å². The van der Waals surface area contributed by atoms with Crippen LogP contribution in [0.15, 0.2) is 108 Å². The molecule has 0 saturated carbocycles. The number of aromatic nitrogens is 16. The molecule has 3 aliphatic heterocycles. The van der Waals surface area contributed by atoms with Crippen molar-refractivity contribution in [3.63, 3.8) is 0 Å². The van der Waals surface area contributed by atoms with Gasteiger partial charge in [-0.2, -0.15) is 0 Å². The van der Waals surface area contributed by atoms with Gasteiger partial charge in [0.1, 0.15) is 52.4 Å². The van der Waals surface area contributed by atoms with E-state index in [4.69, 9.17) is 0 Å². The molecule has 0 fully saturated rings. The summed E-state index contributed by atoms with van der Waals surface area (Å²) in [6.07, 6.45) is 12.9. The molecule has 25 heteroatoms. The Bertz CT molecular complexity index is 4000. The van der Waals surface area contributed by atoms with E-state index >= 15 is 0 Å². The van der Waals surface area contributed by atoms with E-state index in [0.717, 1.165) is 62.2 Å². The number of nitrogens with zero attached hydrogens (tertiary/aromatic N) is 17. The molecule has 0 aromatic carbocycles. The van der Waals surface area contributed by atoms with Crippen molar-refractivity contribution in [2.45, 2.75) is 195 Å². The summed E-state index contributed by atoms with van der Waals surface area (Å²) in [5.41, 5.74) is 10.3. The highest BCUT2D eigenvalue weighted by atomic mass is 16.2. The van der Waals surface area contributed by atoms with Gasteiger partial charge in [-0.05, 0) is 156 Å². The first kappa shape index (κ1) is 72.2. The monoisotopic (exact) mass is 1250 g/mol. The van der Waals surface area contributed by atoms with Crippen molar-refractivity contribution in [2.75, 3.05) is 5.32 Å². The van der Waals surface area contributed by atoms with Crippen LogP contribution in [0.1, 0.15) is 205 Å². The highest BCUT2D eigenvalue weighted by molar-refractivity contribution is 6.01. The number of nitrogens with one attached hydrogen (secondary N) is 4. The minimum atomic E-state index is -0.205. The Morgan fingerprint density at radius 2 is 1.11 bits per heavy atom. The van der Waals surface area contributed by atoms with Gasteiger partial charge < -0.3 is 44.1 Å². The van der Waals surface area contributed by atoms with Crippen LogP contribution < -0.4 is 21.5 Å². The quantitative estimate of drug-likeness (QED) is 0.103. The van der Waals surface area contributed by atoms with Crippen LogP contribution in [0.5, 0.6) is 0 Å². The summed E-state index contributed by atoms with van der Waals surface area (Å²) in [7, 11) is 0. The lowest BCUT2D eigenvalue weighted by Gasteiger charge is -2.31. The third kappa shape index (κ3) is 18.5. The molecule has 91 heavy (non-hydrogen) atoms. The van der Waals surface area contributed by atoms with E-state index in [9.17, 15) is 19.2 Å². The van der Waals surface area contributed by atoms with Gasteiger partial charge in [-0.25, -0.2) is 49.5 Å². The van der Waals surface area contributed by atoms with E-state index in [1.165, 1.54) is 12.5 Å². The van der Waals surface area contributed by atoms with E-state index in [-0.39, 0.29) is 41.3 Å². The number of aliphatic imine (C=N–C) groups is 1. The molecule has 4 N–H and O–H groups in total. The second kappa shape index (κ2) is 31.3. The van der Waals surface area contributed by atoms with Gasteiger partial charge >= 0.3 is 0 Å². The maximum absolute atomic E-state index is 11.5. The van der Waals surface area contributed by atoms with Crippen LogP contribution in [0.4, 0.5) is 5.82 Å². The SMILES string of the molecule is C=C1N=C(C)C(C)=CC1C(C)C.C=C1NC(=O)C(C)=CN1C(C)C.C=C1NC(=O)c2ncn(C(C)C)c2N1.CC(=O)c1ncn(C(C)C)n1.Cc1nc(C)c2ccn(C(C)C)c2n1.Cc1nc(C)c2ncn(C(C)C)c2n1.Cc1nc2c(ncn2C(C)C)c(=O)[nH]1. The summed E-state index contributed by atoms with van der Waals surface area (Å²) in [4.78, 5) is 91.8. The maximum atomic E-state index is 11.5. The van der Waals surface area contributed by atoms with Crippen LogP contribution in [-0.2, 0) is 4.79 Å². The van der Waals surface area contributed by atoms with Gasteiger partial charge in [0.25, 0.3) is 17.4 Å². The molecule has 8 aromatic heterocycles. The van der Waals surface area contributed by atoms with E-state index in [0.29, 0.717) is 75.9 Å². The average molecular weight is 1250 g/mol. The summed E-state index contributed by atoms with van der Waals surface area (Å²) >= 11 is 0. The normalized spacial score (nSPS) is 14.4. The molecule has 25 nitrogen and oxygen atoms in total. The molecule has 488 valence electrons. The first-order valence-corrected chi connectivity index (χ1v) is 30.6. The number of hydrogen-bond acceptors (Lipinski definition) is 17. The van der Waals surface area contributed by atoms with Crippen LogP contribution in [0.2, 0.25) is 0 Å². The molecule has 0 saturated heterocycles. The number of Topliss-reactive ketones (excluding diaryl/α,β-unsaturated/α-hetero) is 1. The fourth-order valence-electron chi connectivity index (χ4n) is 9.36. The zero-order valence-corrected chi connectivity index (χ0v) is 57.6. The minimum absolute atomic E-state index is 0.0584. The van der Waals surface area contributed by atoms with Gasteiger partial charge in [-0.15, -0.1) is 5.10 Å². The predicted octanol–water partition coefficient (Wildman–Crippen LogP) is 12.2. The molecule has 11 rings (SSSR count). The average Bonchev–Trinajstić information content (AvgIpc) is 1.72. The zero-order valence-electron chi connectivity index (χ0n) is 57.6. The summed E-state index contributed by atoms with van der Waals surface area (Å²) in [5.74, 6) is 5.10. The third-order valence-electron chi connectivity index (χ3n) is 14.5. The largest absolute Gasteiger partial charge is 0.332 e. The molecular weight excluding hydrogens is 1150 g/mol. The van der Waals surface area contributed by atoms with E-state index in [1.807, 2.05) is 117 Å². The standard InChI is InChI=1S/C11H15N3.C11H17N.C10H14N4.2C9H12N4O.C9H14N2O.C7H11N3O/c1-7(2)14-6-5-10-8(3)12-9(4)13-11(10)14;1-7(2)11-6-8(3)9(4)12-10(11)5;1-6(2)14-5-11-9-7(3)12-8(4)13-10(9)14;2*1-5(2)13-4-10-7-8(13)11-6(3)12-9(7)14;1-6(2)11-5-7(3)9(12)10-8(11)4;1-5(2)10-4-8-7(9-10)6(3)11/h5-7H,1-4H3;6-7,11H,5H2,1-4H3;5-6H,1-4H3;4-5H,1-3H3,(H,11,12,14);4-5,11H,3H2,1-2H3,(H,12,14);5-6H,4H2,1-3H3,(H,10,12);4-5H,1-3H3. The molecule has 8 aromatic rings. The van der Waals surface area contributed by atoms with Crippen LogP contribution in [0.25, 0.3) is 33.4 Å². The van der Waals surface area contributed by atoms with Crippen molar-refractivity contribution in [1.29, 1.82) is 0 Å². The first-order chi connectivity index (χ1) is 42.5. The van der Waals surface area contributed by atoms with Gasteiger partial charge in [0.15, 0.2) is 28.3 Å². The Morgan fingerprint density at radius 3 is 1.64 bits per heavy atom. The molecule has 0 spiro atoms. The number of amides is 2. The highest BCUT2D eigenvalue weighted by Crippen LogP contribution is 2.28. The van der Waals surface area contributed by atoms with Crippen LogP contribution in [-0.4, -0.2) is 112 Å². The second-order valence-corrected chi connectivity index (χ2v) is 24.5. The molecule has 1 unspecified atom stereocenters. The number of hydrogen-bond donors (Lipinski definition) is 4. The Labute approximate surface area is 534 Å². The number of imidazole rings is 3. The Kier molecular flexibility index (Phi) is 24.8. The molecular formula is C66H95N21O4. The maximum Gasteiger partial charge on any atom is 0.279 e. The van der Waals surface area contributed by atoms with Crippen LogP contribution >= 0.6 is 0 Å². The van der Waals surface area contributed by atoms with E-state index < -0.39 is 0 Å². The molecule has 11 heterocycles. The van der Waals surface area contributed by atoms with Crippen molar-refractivity contribution in [2.24, 2.45) is 16.8 Å². The Hall–Kier alpha value is -9.55. The summed E-state index contributed by atoms with van der Waals surface area (Å²) in [6, 6.07) is 4.02. The first-order valence-electron chi connectivity index (χ1n) is 30.6. The second-order valence-electron chi connectivity index (χ2n) is 24.5. The van der Waals surface area contributed by atoms with Gasteiger partial charge in [-0.3, -0.25) is 24.2 Å². The fourth-order valence-corrected chi connectivity index (χ4v) is 9.36. The third-order valence-corrected chi connectivity index (χ3v) is 14.5. The van der Waals surface area contributed by atoms with Crippen LogP contribution in [0, 0.1) is 46.5 Å². The topological polar surface area (TPSA) is 289 Å². The number of ketones is 1. The number of anilines is 1. The minimum Gasteiger partial charge on any atom is -0.332 e. The Morgan fingerprint density at radius 1 is 0.560 bits per heavy atom. The van der Waals surface area contributed by atoms with Crippen molar-refractivity contribution < 1.29 is 14.4 Å². The number of aromatic amines is 1. The molecule has 3 aliphatic rings. The lowest BCUT2D eigenvalue weighted by molar-refractivity contribution is -0.117. The predicted molar refractivity (Wildman–Crippen MR) is 361 cm³/mol. The molecule has 1 atom stereocenters. The number of carbonyl (C=O) groups is 3. The lowest BCUT2D eigenvalue weighted by Crippen LogP contribution is -2.40. The smallest absolute Gasteiger partial charge is 0.279 e. The Balaban J connectivity index is 0.000000193. The number of aryl methyl sites for hydroxylation is 5. The summed E-state index contributed by atoms with van der Waals surface area (Å²) in [6.45, 7) is 57.5. The van der Waals surface area contributed by atoms with Crippen LogP contribution in [0.3, 0.4) is 0 Å². The van der Waals surface area contributed by atoms with Crippen molar-refractivity contribution in [3.8, 4) is 0 Å². The number of rotatable bonds is 8. The lowest BCUT2D eigenvalue weighted by atomic mass is 9.88.